The third-order valence-electron chi connectivity index (χ3n) is 4.91. The molecule has 3 aromatic rings. The number of piperazine rings is 1. The van der Waals surface area contributed by atoms with Crippen LogP contribution >= 0.6 is 11.3 Å². The molecule has 4 rings (SSSR count). The van der Waals surface area contributed by atoms with Gasteiger partial charge < -0.3 is 4.90 Å². The molecule has 7 heteroatoms. The fraction of sp³-hybridized carbons (Fsp3) is 0.450. The molecule has 0 bridgehead atoms. The van der Waals surface area contributed by atoms with E-state index in [1.165, 1.54) is 5.01 Å². The van der Waals surface area contributed by atoms with Crippen LogP contribution in [0, 0.1) is 0 Å². The Morgan fingerprint density at radius 3 is 2.63 bits per heavy atom. The fourth-order valence-corrected chi connectivity index (χ4v) is 4.24. The first-order valence-corrected chi connectivity index (χ1v) is 10.2. The van der Waals surface area contributed by atoms with Gasteiger partial charge in [-0.25, -0.2) is 4.98 Å². The lowest BCUT2D eigenvalue weighted by Crippen LogP contribution is -2.48. The Bertz CT molecular complexity index is 947. The monoisotopic (exact) mass is 383 g/mol. The maximum Gasteiger partial charge on any atom is 0.275 e. The first-order chi connectivity index (χ1) is 12.9. The molecule has 0 unspecified atom stereocenters. The molecule has 27 heavy (non-hydrogen) atoms. The average molecular weight is 384 g/mol. The van der Waals surface area contributed by atoms with Crippen LogP contribution in [-0.2, 0) is 12.0 Å². The minimum atomic E-state index is 0.00998. The topological polar surface area (TPSA) is 65.1 Å². The van der Waals surface area contributed by atoms with E-state index in [4.69, 9.17) is 4.98 Å². The van der Waals surface area contributed by atoms with E-state index in [1.54, 1.807) is 11.3 Å². The highest BCUT2D eigenvalue weighted by atomic mass is 32.1. The quantitative estimate of drug-likeness (QED) is 0.754. The average Bonchev–Trinajstić information content (AvgIpc) is 3.28. The van der Waals surface area contributed by atoms with Crippen molar-refractivity contribution in [3.05, 3.63) is 46.0 Å². The number of fused-ring (bicyclic) bond motifs is 1. The fourth-order valence-electron chi connectivity index (χ4n) is 3.34. The summed E-state index contributed by atoms with van der Waals surface area (Å²) in [4.78, 5) is 21.9. The van der Waals surface area contributed by atoms with Crippen LogP contribution in [0.5, 0.6) is 0 Å². The van der Waals surface area contributed by atoms with E-state index < -0.39 is 0 Å². The number of benzene rings is 1. The van der Waals surface area contributed by atoms with E-state index in [-0.39, 0.29) is 11.3 Å². The van der Waals surface area contributed by atoms with Gasteiger partial charge in [-0.1, -0.05) is 39.0 Å². The number of aromatic amines is 1. The Kier molecular flexibility index (Phi) is 4.74. The van der Waals surface area contributed by atoms with Gasteiger partial charge in [0.1, 0.15) is 0 Å². The van der Waals surface area contributed by atoms with E-state index >= 15 is 0 Å². The van der Waals surface area contributed by atoms with Crippen molar-refractivity contribution in [2.24, 2.45) is 0 Å². The van der Waals surface area contributed by atoms with Gasteiger partial charge in [0.05, 0.1) is 16.2 Å². The highest BCUT2D eigenvalue weighted by Gasteiger charge is 2.26. The molecule has 1 fully saturated rings. The van der Waals surface area contributed by atoms with Gasteiger partial charge in [0.25, 0.3) is 5.91 Å². The molecular weight excluding hydrogens is 358 g/mol. The van der Waals surface area contributed by atoms with Crippen molar-refractivity contribution in [3.8, 4) is 0 Å². The summed E-state index contributed by atoms with van der Waals surface area (Å²) < 4.78 is 0. The van der Waals surface area contributed by atoms with E-state index in [1.807, 2.05) is 29.2 Å². The highest BCUT2D eigenvalue weighted by molar-refractivity contribution is 7.09. The van der Waals surface area contributed by atoms with Crippen LogP contribution in [0.2, 0.25) is 0 Å². The number of amides is 1. The summed E-state index contributed by atoms with van der Waals surface area (Å²) in [6.45, 7) is 10.6. The van der Waals surface area contributed by atoms with Crippen molar-refractivity contribution in [2.45, 2.75) is 32.7 Å². The lowest BCUT2D eigenvalue weighted by molar-refractivity contribution is 0.0623. The standard InChI is InChI=1S/C20H25N5OS/c1-20(2,3)19-21-14(13-27-19)12-24-8-10-25(11-9-24)18(26)17-15-6-4-5-7-16(15)22-23-17/h4-7,13H,8-12H2,1-3H3,(H,22,23). The summed E-state index contributed by atoms with van der Waals surface area (Å²) in [5.74, 6) is 0.00998. The number of nitrogens with zero attached hydrogens (tertiary/aromatic N) is 4. The number of carbonyl (C=O) groups excluding carboxylic acids is 1. The molecule has 3 heterocycles. The van der Waals surface area contributed by atoms with Gasteiger partial charge in [0.15, 0.2) is 5.69 Å². The number of nitrogens with one attached hydrogen (secondary N) is 1. The zero-order valence-electron chi connectivity index (χ0n) is 16.0. The third kappa shape index (κ3) is 3.75. The largest absolute Gasteiger partial charge is 0.335 e. The molecule has 142 valence electrons. The predicted octanol–water partition coefficient (Wildman–Crippen LogP) is 3.27. The summed E-state index contributed by atoms with van der Waals surface area (Å²) in [6.07, 6.45) is 0. The number of H-pyrrole nitrogens is 1. The van der Waals surface area contributed by atoms with Gasteiger partial charge in [-0.2, -0.15) is 5.10 Å². The number of hydrogen-bond acceptors (Lipinski definition) is 5. The summed E-state index contributed by atoms with van der Waals surface area (Å²) >= 11 is 1.74. The van der Waals surface area contributed by atoms with E-state index in [0.29, 0.717) is 5.69 Å². The van der Waals surface area contributed by atoms with Crippen LogP contribution in [0.15, 0.2) is 29.6 Å². The molecule has 6 nitrogen and oxygen atoms in total. The van der Waals surface area contributed by atoms with Crippen molar-refractivity contribution >= 4 is 28.1 Å². The molecule has 1 aliphatic heterocycles. The second-order valence-electron chi connectivity index (χ2n) is 8.08. The van der Waals surface area contributed by atoms with E-state index in [2.05, 4.69) is 41.2 Å². The molecule has 1 amide bonds. The summed E-state index contributed by atoms with van der Waals surface area (Å²) in [6, 6.07) is 7.76. The zero-order valence-corrected chi connectivity index (χ0v) is 16.8. The van der Waals surface area contributed by atoms with Crippen molar-refractivity contribution in [2.75, 3.05) is 26.2 Å². The molecule has 1 N–H and O–H groups in total. The van der Waals surface area contributed by atoms with Gasteiger partial charge in [-0.15, -0.1) is 11.3 Å². The van der Waals surface area contributed by atoms with E-state index in [9.17, 15) is 4.79 Å². The molecule has 1 aromatic carbocycles. The molecule has 0 spiro atoms. The lowest BCUT2D eigenvalue weighted by Gasteiger charge is -2.34. The number of aromatic nitrogens is 3. The first-order valence-electron chi connectivity index (χ1n) is 9.31. The molecule has 0 aliphatic carbocycles. The van der Waals surface area contributed by atoms with Crippen LogP contribution in [0.25, 0.3) is 10.9 Å². The number of carbonyl (C=O) groups is 1. The van der Waals surface area contributed by atoms with Crippen LogP contribution < -0.4 is 0 Å². The van der Waals surface area contributed by atoms with Crippen LogP contribution in [-0.4, -0.2) is 57.1 Å². The van der Waals surface area contributed by atoms with Gasteiger partial charge in [-0.05, 0) is 6.07 Å². The van der Waals surface area contributed by atoms with Gasteiger partial charge >= 0.3 is 0 Å². The minimum Gasteiger partial charge on any atom is -0.335 e. The van der Waals surface area contributed by atoms with Gasteiger partial charge in [0.2, 0.25) is 0 Å². The predicted molar refractivity (Wildman–Crippen MR) is 108 cm³/mol. The normalized spacial score (nSPS) is 16.2. The van der Waals surface area contributed by atoms with Gasteiger partial charge in [0, 0.05) is 48.9 Å². The maximum absolute atomic E-state index is 12.9. The molecular formula is C20H25N5OS. The SMILES string of the molecule is CC(C)(C)c1nc(CN2CCN(C(=O)c3n[nH]c4ccccc34)CC2)cs1. The Hall–Kier alpha value is -2.25. The second kappa shape index (κ2) is 7.05. The van der Waals surface area contributed by atoms with Crippen LogP contribution in [0.3, 0.4) is 0 Å². The minimum absolute atomic E-state index is 0.00998. The number of para-hydroxylation sites is 1. The number of thiazole rings is 1. The third-order valence-corrected chi connectivity index (χ3v) is 6.23. The smallest absolute Gasteiger partial charge is 0.275 e. The number of hydrogen-bond donors (Lipinski definition) is 1. The van der Waals surface area contributed by atoms with Crippen molar-refractivity contribution in [1.82, 2.24) is 25.0 Å². The Balaban J connectivity index is 1.37. The highest BCUT2D eigenvalue weighted by Crippen LogP contribution is 2.26. The maximum atomic E-state index is 12.9. The van der Waals surface area contributed by atoms with Crippen LogP contribution in [0.4, 0.5) is 0 Å². The number of rotatable bonds is 3. The Labute approximate surface area is 163 Å². The Morgan fingerprint density at radius 1 is 1.19 bits per heavy atom. The molecule has 1 aliphatic rings. The van der Waals surface area contributed by atoms with Crippen LogP contribution in [0.1, 0.15) is 42.0 Å². The van der Waals surface area contributed by atoms with E-state index in [0.717, 1.165) is 49.3 Å². The Morgan fingerprint density at radius 2 is 1.93 bits per heavy atom. The molecule has 2 aromatic heterocycles. The molecule has 0 radical (unpaired) electrons. The molecule has 1 saturated heterocycles. The second-order valence-corrected chi connectivity index (χ2v) is 8.94. The summed E-state index contributed by atoms with van der Waals surface area (Å²) in [7, 11) is 0. The lowest BCUT2D eigenvalue weighted by atomic mass is 9.98. The summed E-state index contributed by atoms with van der Waals surface area (Å²) in [5.41, 5.74) is 2.65. The molecule has 0 saturated carbocycles. The van der Waals surface area contributed by atoms with Crippen molar-refractivity contribution in [1.29, 1.82) is 0 Å². The first kappa shape index (κ1) is 18.1. The summed E-state index contributed by atoms with van der Waals surface area (Å²) in [5, 5.41) is 11.4. The van der Waals surface area contributed by atoms with Gasteiger partial charge in [-0.3, -0.25) is 14.8 Å². The zero-order chi connectivity index (χ0) is 19.0. The van der Waals surface area contributed by atoms with Crippen molar-refractivity contribution in [3.63, 3.8) is 0 Å². The van der Waals surface area contributed by atoms with Crippen molar-refractivity contribution < 1.29 is 4.79 Å². The molecule has 0 atom stereocenters.